The highest BCUT2D eigenvalue weighted by Crippen LogP contribution is 2.38. The van der Waals surface area contributed by atoms with Gasteiger partial charge in [0.05, 0.1) is 0 Å². The van der Waals surface area contributed by atoms with Crippen molar-refractivity contribution in [2.75, 3.05) is 0 Å². The normalized spacial score (nSPS) is 12.4. The highest BCUT2D eigenvalue weighted by molar-refractivity contribution is 6.28. The van der Waals surface area contributed by atoms with Gasteiger partial charge in [-0.05, 0) is 61.3 Å². The lowest BCUT2D eigenvalue weighted by molar-refractivity contribution is 1.79. The van der Waals surface area contributed by atoms with Crippen LogP contribution in [0, 0.1) is 0 Å². The van der Waals surface area contributed by atoms with Crippen LogP contribution in [0.4, 0.5) is 0 Å². The van der Waals surface area contributed by atoms with E-state index in [1.807, 2.05) is 0 Å². The maximum Gasteiger partial charge on any atom is -0.00204 e. The van der Waals surface area contributed by atoms with Crippen molar-refractivity contribution in [3.63, 3.8) is 0 Å². The van der Waals surface area contributed by atoms with Crippen LogP contribution in [0.2, 0.25) is 0 Å². The minimum Gasteiger partial charge on any atom is -0.0610 e. The van der Waals surface area contributed by atoms with Crippen LogP contribution < -0.4 is 0 Å². The lowest BCUT2D eigenvalue weighted by Gasteiger charge is -2.13. The van der Waals surface area contributed by atoms with Crippen LogP contribution in [0.25, 0.3) is 43.1 Å². The highest BCUT2D eigenvalue weighted by Gasteiger charge is 2.10. The Balaban J connectivity index is 2.34. The van der Waals surface area contributed by atoms with Crippen molar-refractivity contribution in [3.05, 3.63) is 60.7 Å². The third-order valence-electron chi connectivity index (χ3n) is 4.09. The zero-order valence-corrected chi connectivity index (χ0v) is 9.77. The Bertz CT molecular complexity index is 1000. The summed E-state index contributed by atoms with van der Waals surface area (Å²) in [4.78, 5) is 0. The molecule has 0 aliphatic heterocycles. The fourth-order valence-corrected chi connectivity index (χ4v) is 3.31. The van der Waals surface area contributed by atoms with Crippen LogP contribution in [0.3, 0.4) is 0 Å². The first-order valence-corrected chi connectivity index (χ1v) is 6.30. The van der Waals surface area contributed by atoms with Gasteiger partial charge < -0.3 is 0 Å². The second-order valence-corrected chi connectivity index (χ2v) is 5.11. The molecular weight excluding hydrogens is 216 g/mol. The maximum absolute atomic E-state index is 2.31. The molecule has 2 bridgehead atoms. The molecule has 5 aromatic carbocycles. The minimum absolute atomic E-state index is 1.31. The van der Waals surface area contributed by atoms with Crippen LogP contribution in [0.5, 0.6) is 0 Å². The number of benzene rings is 5. The van der Waals surface area contributed by atoms with E-state index in [4.69, 9.17) is 0 Å². The largest absolute Gasteiger partial charge is 0.0610 e. The summed E-state index contributed by atoms with van der Waals surface area (Å²) in [5, 5.41) is 10.9. The van der Waals surface area contributed by atoms with Gasteiger partial charge in [-0.2, -0.15) is 0 Å². The third-order valence-corrected chi connectivity index (χ3v) is 4.09. The smallest absolute Gasteiger partial charge is 0.00204 e. The lowest BCUT2D eigenvalue weighted by atomic mass is 9.90. The maximum atomic E-state index is 2.31. The summed E-state index contributed by atoms with van der Waals surface area (Å²) in [6, 6.07) is 22.4. The summed E-state index contributed by atoms with van der Waals surface area (Å²) in [6.07, 6.45) is 0. The fourth-order valence-electron chi connectivity index (χ4n) is 3.31. The molecule has 82 valence electrons. The first kappa shape index (κ1) is 8.71. The molecule has 0 aliphatic carbocycles. The van der Waals surface area contributed by atoms with Gasteiger partial charge in [0, 0.05) is 0 Å². The van der Waals surface area contributed by atoms with Gasteiger partial charge in [0.15, 0.2) is 0 Å². The summed E-state index contributed by atoms with van der Waals surface area (Å²) >= 11 is 0. The molecule has 0 radical (unpaired) electrons. The summed E-state index contributed by atoms with van der Waals surface area (Å²) in [7, 11) is 0. The third kappa shape index (κ3) is 0.888. The molecule has 0 aliphatic rings. The summed E-state index contributed by atoms with van der Waals surface area (Å²) in [6.45, 7) is 0. The molecule has 0 nitrogen and oxygen atoms in total. The van der Waals surface area contributed by atoms with E-state index in [1.54, 1.807) is 0 Å². The molecule has 5 rings (SSSR count). The SMILES string of the molecule is c1cc2ccc3cc4ccc5cc(c1)c2c3c5c4. The second kappa shape index (κ2) is 2.73. The average molecular weight is 226 g/mol. The van der Waals surface area contributed by atoms with Crippen LogP contribution >= 0.6 is 0 Å². The van der Waals surface area contributed by atoms with Crippen LogP contribution in [0.15, 0.2) is 60.7 Å². The van der Waals surface area contributed by atoms with E-state index in [0.29, 0.717) is 0 Å². The predicted molar refractivity (Wildman–Crippen MR) is 78.8 cm³/mol. The molecule has 0 saturated heterocycles. The van der Waals surface area contributed by atoms with Crippen LogP contribution in [-0.4, -0.2) is 0 Å². The Labute approximate surface area is 104 Å². The molecule has 0 fully saturated rings. The van der Waals surface area contributed by atoms with Crippen molar-refractivity contribution in [2.24, 2.45) is 0 Å². The Morgan fingerprint density at radius 1 is 0.500 bits per heavy atom. The molecule has 5 aromatic rings. The van der Waals surface area contributed by atoms with E-state index in [0.717, 1.165) is 0 Å². The second-order valence-electron chi connectivity index (χ2n) is 5.11. The molecule has 0 heteroatoms. The molecule has 0 aromatic heterocycles. The van der Waals surface area contributed by atoms with Crippen molar-refractivity contribution < 1.29 is 0 Å². The first-order chi connectivity index (χ1) is 8.90. The van der Waals surface area contributed by atoms with Crippen molar-refractivity contribution in [1.29, 1.82) is 0 Å². The van der Waals surface area contributed by atoms with E-state index in [1.165, 1.54) is 43.1 Å². The molecule has 0 amide bonds. The van der Waals surface area contributed by atoms with Gasteiger partial charge >= 0.3 is 0 Å². The molecule has 0 N–H and O–H groups in total. The number of rotatable bonds is 0. The van der Waals surface area contributed by atoms with Gasteiger partial charge in [0.1, 0.15) is 0 Å². The van der Waals surface area contributed by atoms with Gasteiger partial charge in [-0.15, -0.1) is 0 Å². The topological polar surface area (TPSA) is 0 Å². The van der Waals surface area contributed by atoms with Gasteiger partial charge in [-0.25, -0.2) is 0 Å². The Hall–Kier alpha value is -2.34. The lowest BCUT2D eigenvalue weighted by Crippen LogP contribution is -1.86. The van der Waals surface area contributed by atoms with E-state index in [2.05, 4.69) is 60.7 Å². The van der Waals surface area contributed by atoms with Crippen molar-refractivity contribution in [2.45, 2.75) is 0 Å². The first-order valence-electron chi connectivity index (χ1n) is 6.30. The van der Waals surface area contributed by atoms with Crippen molar-refractivity contribution in [3.8, 4) is 0 Å². The Kier molecular flexibility index (Phi) is 1.32. The summed E-state index contributed by atoms with van der Waals surface area (Å²) < 4.78 is 0. The van der Waals surface area contributed by atoms with Gasteiger partial charge in [0.2, 0.25) is 0 Å². The van der Waals surface area contributed by atoms with Crippen LogP contribution in [0.1, 0.15) is 0 Å². The highest BCUT2D eigenvalue weighted by atomic mass is 14.1. The standard InChI is InChI=1S/C18H10/c1-2-12-6-7-15-8-11-4-5-13-10-14(3-1)17(12)18(15)16(13)9-11/h1-10H. The number of fused-ring (bicyclic) bond motifs is 1. The molecule has 0 spiro atoms. The van der Waals surface area contributed by atoms with Gasteiger partial charge in [-0.1, -0.05) is 42.5 Å². The Morgan fingerprint density at radius 2 is 1.28 bits per heavy atom. The zero-order chi connectivity index (χ0) is 11.7. The van der Waals surface area contributed by atoms with E-state index >= 15 is 0 Å². The van der Waals surface area contributed by atoms with Crippen LogP contribution in [-0.2, 0) is 0 Å². The molecule has 18 heavy (non-hydrogen) atoms. The van der Waals surface area contributed by atoms with E-state index in [9.17, 15) is 0 Å². The zero-order valence-electron chi connectivity index (χ0n) is 9.77. The van der Waals surface area contributed by atoms with E-state index < -0.39 is 0 Å². The molecule has 0 unspecified atom stereocenters. The minimum atomic E-state index is 1.31. The number of hydrogen-bond donors (Lipinski definition) is 0. The predicted octanol–water partition coefficient (Wildman–Crippen LogP) is 5.18. The average Bonchev–Trinajstić information content (AvgIpc) is 2.43. The monoisotopic (exact) mass is 226 g/mol. The molecule has 0 atom stereocenters. The summed E-state index contributed by atoms with van der Waals surface area (Å²) in [5.41, 5.74) is 0. The van der Waals surface area contributed by atoms with Crippen molar-refractivity contribution in [1.82, 2.24) is 0 Å². The van der Waals surface area contributed by atoms with Gasteiger partial charge in [0.25, 0.3) is 0 Å². The molecular formula is C18H10. The van der Waals surface area contributed by atoms with E-state index in [-0.39, 0.29) is 0 Å². The molecule has 0 heterocycles. The fraction of sp³-hybridized carbons (Fsp3) is 0. The number of hydrogen-bond acceptors (Lipinski definition) is 0. The van der Waals surface area contributed by atoms with Crippen molar-refractivity contribution >= 4 is 43.1 Å². The quantitative estimate of drug-likeness (QED) is 0.252. The Morgan fingerprint density at radius 3 is 2.28 bits per heavy atom. The molecule has 0 saturated carbocycles. The summed E-state index contributed by atoms with van der Waals surface area (Å²) in [5.74, 6) is 0. The van der Waals surface area contributed by atoms with Gasteiger partial charge in [-0.3, -0.25) is 0 Å².